The molecule has 0 amide bonds. The van der Waals surface area contributed by atoms with Crippen molar-refractivity contribution in [1.29, 1.82) is 5.41 Å². The maximum Gasteiger partial charge on any atom is 0.0669 e. The lowest BCUT2D eigenvalue weighted by atomic mass is 10.1. The summed E-state index contributed by atoms with van der Waals surface area (Å²) in [5, 5.41) is 12.3. The molecular weight excluding hydrogens is 306 g/mol. The van der Waals surface area contributed by atoms with E-state index in [9.17, 15) is 0 Å². The molecule has 0 atom stereocenters. The molecular formula is C19H22ClN3. The van der Waals surface area contributed by atoms with E-state index >= 15 is 0 Å². The molecule has 0 aliphatic rings. The molecule has 1 aromatic heterocycles. The summed E-state index contributed by atoms with van der Waals surface area (Å²) < 4.78 is 2.05. The molecule has 1 heterocycles. The zero-order valence-electron chi connectivity index (χ0n) is 13.9. The van der Waals surface area contributed by atoms with Crippen LogP contribution in [0.1, 0.15) is 16.7 Å². The Morgan fingerprint density at radius 1 is 1.09 bits per heavy atom. The van der Waals surface area contributed by atoms with Gasteiger partial charge in [0.15, 0.2) is 0 Å². The zero-order chi connectivity index (χ0) is 17.0. The van der Waals surface area contributed by atoms with Crippen LogP contribution in [0.3, 0.4) is 0 Å². The Hall–Kier alpha value is -2.26. The molecule has 120 valence electrons. The van der Waals surface area contributed by atoms with Gasteiger partial charge < -0.3 is 15.3 Å². The van der Waals surface area contributed by atoms with Crippen LogP contribution in [-0.4, -0.2) is 17.8 Å². The topological polar surface area (TPSA) is 40.8 Å². The fourth-order valence-corrected chi connectivity index (χ4v) is 2.90. The highest BCUT2D eigenvalue weighted by Crippen LogP contribution is 2.26. The van der Waals surface area contributed by atoms with Crippen molar-refractivity contribution < 1.29 is 0 Å². The van der Waals surface area contributed by atoms with Crippen LogP contribution >= 0.6 is 11.6 Å². The van der Waals surface area contributed by atoms with Crippen LogP contribution in [0.25, 0.3) is 10.9 Å². The second kappa shape index (κ2) is 7.34. The summed E-state index contributed by atoms with van der Waals surface area (Å²) in [6.07, 6.45) is 3.41. The number of rotatable bonds is 2. The minimum atomic E-state index is 0.822. The molecule has 0 spiro atoms. The molecule has 0 aliphatic carbocycles. The zero-order valence-corrected chi connectivity index (χ0v) is 14.7. The maximum atomic E-state index is 7.16. The first-order valence-electron chi connectivity index (χ1n) is 7.47. The van der Waals surface area contributed by atoms with E-state index in [-0.39, 0.29) is 0 Å². The predicted molar refractivity (Wildman–Crippen MR) is 101 cm³/mol. The molecule has 0 fully saturated rings. The van der Waals surface area contributed by atoms with Gasteiger partial charge in [-0.05, 0) is 43.2 Å². The lowest BCUT2D eigenvalue weighted by molar-refractivity contribution is 0.969. The maximum absolute atomic E-state index is 7.16. The van der Waals surface area contributed by atoms with Gasteiger partial charge in [-0.25, -0.2) is 0 Å². The van der Waals surface area contributed by atoms with Gasteiger partial charge in [0, 0.05) is 43.1 Å². The van der Waals surface area contributed by atoms with Crippen LogP contribution in [0.2, 0.25) is 5.02 Å². The van der Waals surface area contributed by atoms with Crippen LogP contribution in [0, 0.1) is 19.3 Å². The molecule has 0 saturated heterocycles. The Balaban J connectivity index is 0.000000168. The fourth-order valence-electron chi connectivity index (χ4n) is 2.60. The average molecular weight is 328 g/mol. The second-order valence-corrected chi connectivity index (χ2v) is 5.89. The lowest BCUT2D eigenvalue weighted by Gasteiger charge is -2.06. The van der Waals surface area contributed by atoms with Crippen molar-refractivity contribution >= 4 is 34.4 Å². The highest BCUT2D eigenvalue weighted by molar-refractivity contribution is 6.35. The van der Waals surface area contributed by atoms with E-state index in [4.69, 9.17) is 17.0 Å². The van der Waals surface area contributed by atoms with Crippen LogP contribution < -0.4 is 5.32 Å². The SMILES string of the molecule is CNc1cccc(C)c1C=N.Cc1ccc(Cl)c2c1ccn2C. The third-order valence-electron chi connectivity index (χ3n) is 3.94. The van der Waals surface area contributed by atoms with Crippen molar-refractivity contribution in [3.8, 4) is 0 Å². The molecule has 0 radical (unpaired) electrons. The molecule has 0 saturated carbocycles. The number of anilines is 1. The highest BCUT2D eigenvalue weighted by atomic mass is 35.5. The van der Waals surface area contributed by atoms with E-state index in [1.165, 1.54) is 17.2 Å². The molecule has 2 N–H and O–H groups in total. The van der Waals surface area contributed by atoms with Crippen molar-refractivity contribution in [2.24, 2.45) is 7.05 Å². The first-order valence-corrected chi connectivity index (χ1v) is 7.85. The Labute approximate surface area is 142 Å². The van der Waals surface area contributed by atoms with Crippen LogP contribution in [0.4, 0.5) is 5.69 Å². The molecule has 2 aromatic carbocycles. The molecule has 4 heteroatoms. The number of halogens is 1. The predicted octanol–water partition coefficient (Wildman–Crippen LogP) is 5.17. The van der Waals surface area contributed by atoms with Crippen molar-refractivity contribution in [3.05, 3.63) is 64.3 Å². The lowest BCUT2D eigenvalue weighted by Crippen LogP contribution is -1.95. The molecule has 0 unspecified atom stereocenters. The molecule has 23 heavy (non-hydrogen) atoms. The van der Waals surface area contributed by atoms with Gasteiger partial charge in [0.1, 0.15) is 0 Å². The summed E-state index contributed by atoms with van der Waals surface area (Å²) in [4.78, 5) is 0. The van der Waals surface area contributed by atoms with Crippen LogP contribution in [0.15, 0.2) is 42.6 Å². The van der Waals surface area contributed by atoms with Gasteiger partial charge >= 0.3 is 0 Å². The third kappa shape index (κ3) is 3.57. The van der Waals surface area contributed by atoms with Gasteiger partial charge in [-0.2, -0.15) is 0 Å². The first-order chi connectivity index (χ1) is 11.0. The number of nitrogens with zero attached hydrogens (tertiary/aromatic N) is 1. The summed E-state index contributed by atoms with van der Waals surface area (Å²) in [5.41, 5.74) is 5.51. The minimum absolute atomic E-state index is 0.822. The van der Waals surface area contributed by atoms with E-state index in [1.807, 2.05) is 62.1 Å². The van der Waals surface area contributed by atoms with E-state index in [2.05, 4.69) is 18.3 Å². The van der Waals surface area contributed by atoms with Crippen molar-refractivity contribution in [3.63, 3.8) is 0 Å². The molecule has 0 aliphatic heterocycles. The summed E-state index contributed by atoms with van der Waals surface area (Å²) >= 11 is 6.05. The number of hydrogen-bond donors (Lipinski definition) is 2. The number of nitrogens with one attached hydrogen (secondary N) is 2. The molecule has 3 nitrogen and oxygen atoms in total. The summed E-state index contributed by atoms with van der Waals surface area (Å²) in [5.74, 6) is 0. The highest BCUT2D eigenvalue weighted by Gasteiger charge is 2.04. The van der Waals surface area contributed by atoms with Gasteiger partial charge in [-0.15, -0.1) is 0 Å². The van der Waals surface area contributed by atoms with Crippen LogP contribution in [-0.2, 0) is 7.05 Å². The van der Waals surface area contributed by atoms with E-state index < -0.39 is 0 Å². The molecule has 3 aromatic rings. The third-order valence-corrected chi connectivity index (χ3v) is 4.25. The van der Waals surface area contributed by atoms with Gasteiger partial charge in [-0.3, -0.25) is 0 Å². The molecule has 3 rings (SSSR count). The number of aromatic nitrogens is 1. The Morgan fingerprint density at radius 2 is 1.83 bits per heavy atom. The van der Waals surface area contributed by atoms with Crippen molar-refractivity contribution in [1.82, 2.24) is 4.57 Å². The van der Waals surface area contributed by atoms with E-state index in [0.717, 1.165) is 27.4 Å². The smallest absolute Gasteiger partial charge is 0.0669 e. The van der Waals surface area contributed by atoms with Crippen LogP contribution in [0.5, 0.6) is 0 Å². The Morgan fingerprint density at radius 3 is 2.39 bits per heavy atom. The quantitative estimate of drug-likeness (QED) is 0.626. The number of hydrogen-bond acceptors (Lipinski definition) is 2. The van der Waals surface area contributed by atoms with E-state index in [0.29, 0.717) is 0 Å². The summed E-state index contributed by atoms with van der Waals surface area (Å²) in [6.45, 7) is 4.10. The minimum Gasteiger partial charge on any atom is -0.388 e. The Kier molecular flexibility index (Phi) is 5.45. The van der Waals surface area contributed by atoms with Crippen molar-refractivity contribution in [2.45, 2.75) is 13.8 Å². The second-order valence-electron chi connectivity index (χ2n) is 5.48. The van der Waals surface area contributed by atoms with E-state index in [1.54, 1.807) is 0 Å². The number of aryl methyl sites for hydroxylation is 3. The molecule has 0 bridgehead atoms. The van der Waals surface area contributed by atoms with Gasteiger partial charge in [0.2, 0.25) is 0 Å². The van der Waals surface area contributed by atoms with Gasteiger partial charge in [0.05, 0.1) is 10.5 Å². The standard InChI is InChI=1S/C10H10ClN.C9H12N2/c1-7-3-4-9(11)10-8(7)5-6-12(10)2;1-7-4-3-5-9(11-2)8(7)6-10/h3-6H,1-2H3;3-6,10-11H,1-2H3. The number of benzene rings is 2. The summed E-state index contributed by atoms with van der Waals surface area (Å²) in [6, 6.07) is 12.0. The largest absolute Gasteiger partial charge is 0.388 e. The monoisotopic (exact) mass is 327 g/mol. The number of fused-ring (bicyclic) bond motifs is 1. The van der Waals surface area contributed by atoms with Crippen molar-refractivity contribution in [2.75, 3.05) is 12.4 Å². The van der Waals surface area contributed by atoms with Gasteiger partial charge in [0.25, 0.3) is 0 Å². The summed E-state index contributed by atoms with van der Waals surface area (Å²) in [7, 11) is 3.87. The fraction of sp³-hybridized carbons (Fsp3) is 0.211. The van der Waals surface area contributed by atoms with Gasteiger partial charge in [-0.1, -0.05) is 29.8 Å². The average Bonchev–Trinajstić information content (AvgIpc) is 2.94. The first kappa shape index (κ1) is 17.1. The Bertz CT molecular complexity index is 834. The normalized spacial score (nSPS) is 10.1.